The van der Waals surface area contributed by atoms with Crippen LogP contribution in [0.2, 0.25) is 4.34 Å². The maximum atomic E-state index is 13.8. The maximum Gasteiger partial charge on any atom is 0.133 e. The average Bonchev–Trinajstić information content (AvgIpc) is 2.68. The van der Waals surface area contributed by atoms with Crippen LogP contribution in [0.15, 0.2) is 28.7 Å². The van der Waals surface area contributed by atoms with Gasteiger partial charge in [-0.15, -0.1) is 11.3 Å². The Morgan fingerprint density at radius 1 is 1.44 bits per heavy atom. The molecule has 1 N–H and O–H groups in total. The Balaban J connectivity index is 2.36. The van der Waals surface area contributed by atoms with Crippen LogP contribution in [0.5, 0.6) is 5.75 Å². The van der Waals surface area contributed by atoms with Crippen molar-refractivity contribution >= 4 is 38.9 Å². The van der Waals surface area contributed by atoms with E-state index in [9.17, 15) is 9.50 Å². The first-order valence-corrected chi connectivity index (χ1v) is 6.98. The monoisotopic (exact) mass is 350 g/mol. The highest BCUT2D eigenvalue weighted by Gasteiger charge is 2.19. The second kappa shape index (κ2) is 5.57. The van der Waals surface area contributed by atoms with E-state index in [1.807, 2.05) is 0 Å². The number of aliphatic hydroxyl groups is 1. The molecule has 96 valence electrons. The summed E-state index contributed by atoms with van der Waals surface area (Å²) in [7, 11) is 1.46. The molecular formula is C12H9BrClFO2S. The molecule has 1 aromatic carbocycles. The molecule has 1 unspecified atom stereocenters. The van der Waals surface area contributed by atoms with Crippen molar-refractivity contribution in [3.05, 3.63) is 49.3 Å². The summed E-state index contributed by atoms with van der Waals surface area (Å²) < 4.78 is 19.9. The molecule has 1 aromatic heterocycles. The van der Waals surface area contributed by atoms with Gasteiger partial charge in [0.15, 0.2) is 0 Å². The van der Waals surface area contributed by atoms with Crippen LogP contribution in [0.3, 0.4) is 0 Å². The molecule has 0 bridgehead atoms. The van der Waals surface area contributed by atoms with Crippen molar-refractivity contribution in [2.45, 2.75) is 6.10 Å². The van der Waals surface area contributed by atoms with Gasteiger partial charge in [-0.25, -0.2) is 4.39 Å². The first-order chi connectivity index (χ1) is 8.52. The lowest BCUT2D eigenvalue weighted by Gasteiger charge is -2.11. The highest BCUT2D eigenvalue weighted by molar-refractivity contribution is 9.10. The Labute approximate surface area is 121 Å². The molecule has 0 aliphatic rings. The van der Waals surface area contributed by atoms with Crippen LogP contribution in [0.25, 0.3) is 0 Å². The molecule has 2 aromatic rings. The molecule has 18 heavy (non-hydrogen) atoms. The van der Waals surface area contributed by atoms with Gasteiger partial charge in [-0.2, -0.15) is 0 Å². The minimum atomic E-state index is -1.04. The number of thiophene rings is 1. The van der Waals surface area contributed by atoms with Crippen molar-refractivity contribution in [3.8, 4) is 5.75 Å². The minimum absolute atomic E-state index is 0.196. The van der Waals surface area contributed by atoms with Gasteiger partial charge in [0.1, 0.15) is 22.0 Å². The lowest BCUT2D eigenvalue weighted by Crippen LogP contribution is -2.00. The molecule has 0 radical (unpaired) electrons. The summed E-state index contributed by atoms with van der Waals surface area (Å²) in [6, 6.07) is 6.02. The fourth-order valence-electron chi connectivity index (χ4n) is 1.51. The number of benzene rings is 1. The van der Waals surface area contributed by atoms with Crippen LogP contribution in [0.1, 0.15) is 16.5 Å². The van der Waals surface area contributed by atoms with Gasteiger partial charge >= 0.3 is 0 Å². The van der Waals surface area contributed by atoms with Crippen LogP contribution in [-0.4, -0.2) is 12.2 Å². The van der Waals surface area contributed by atoms with Crippen molar-refractivity contribution in [1.29, 1.82) is 0 Å². The van der Waals surface area contributed by atoms with Gasteiger partial charge < -0.3 is 9.84 Å². The Morgan fingerprint density at radius 3 is 2.67 bits per heavy atom. The van der Waals surface area contributed by atoms with E-state index in [-0.39, 0.29) is 5.56 Å². The van der Waals surface area contributed by atoms with Crippen LogP contribution >= 0.6 is 38.9 Å². The van der Waals surface area contributed by atoms with Gasteiger partial charge in [0, 0.05) is 21.0 Å². The number of aliphatic hydroxyl groups excluding tert-OH is 1. The molecule has 0 saturated heterocycles. The van der Waals surface area contributed by atoms with Gasteiger partial charge in [-0.3, -0.25) is 0 Å². The van der Waals surface area contributed by atoms with Gasteiger partial charge in [0.2, 0.25) is 0 Å². The predicted octanol–water partition coefficient (Wildman–Crippen LogP) is 4.39. The van der Waals surface area contributed by atoms with E-state index < -0.39 is 11.9 Å². The number of hydrogen-bond acceptors (Lipinski definition) is 3. The Kier molecular flexibility index (Phi) is 4.27. The lowest BCUT2D eigenvalue weighted by atomic mass is 10.1. The summed E-state index contributed by atoms with van der Waals surface area (Å²) in [4.78, 5) is 0.580. The zero-order valence-corrected chi connectivity index (χ0v) is 12.4. The summed E-state index contributed by atoms with van der Waals surface area (Å²) >= 11 is 10.4. The first kappa shape index (κ1) is 13.8. The lowest BCUT2D eigenvalue weighted by molar-refractivity contribution is 0.218. The smallest absolute Gasteiger partial charge is 0.133 e. The number of rotatable bonds is 3. The standard InChI is InChI=1S/C12H9BrClFO2S/c1-17-6-2-3-7(9(15)4-6)11(16)10-5-8(13)12(14)18-10/h2-5,11,16H,1H3. The van der Waals surface area contributed by atoms with Crippen molar-refractivity contribution in [3.63, 3.8) is 0 Å². The zero-order chi connectivity index (χ0) is 13.3. The number of ether oxygens (including phenoxy) is 1. The van der Waals surface area contributed by atoms with Crippen molar-refractivity contribution in [1.82, 2.24) is 0 Å². The van der Waals surface area contributed by atoms with Gasteiger partial charge in [0.25, 0.3) is 0 Å². The highest BCUT2D eigenvalue weighted by atomic mass is 79.9. The SMILES string of the molecule is COc1ccc(C(O)c2cc(Br)c(Cl)s2)c(F)c1. The molecule has 0 amide bonds. The second-order valence-electron chi connectivity index (χ2n) is 3.56. The van der Waals surface area contributed by atoms with Crippen LogP contribution < -0.4 is 4.74 Å². The third-order valence-electron chi connectivity index (χ3n) is 2.44. The summed E-state index contributed by atoms with van der Waals surface area (Å²) in [6.07, 6.45) is -1.04. The van der Waals surface area contributed by atoms with E-state index in [0.717, 1.165) is 0 Å². The summed E-state index contributed by atoms with van der Waals surface area (Å²) in [5, 5.41) is 10.1. The van der Waals surface area contributed by atoms with E-state index in [1.165, 1.54) is 30.6 Å². The Morgan fingerprint density at radius 2 is 2.17 bits per heavy atom. The Hall–Kier alpha value is -0.620. The molecule has 0 fully saturated rings. The molecule has 1 heterocycles. The van der Waals surface area contributed by atoms with Gasteiger partial charge in [0.05, 0.1) is 7.11 Å². The summed E-state index contributed by atoms with van der Waals surface area (Å²) in [5.74, 6) is -0.101. The molecule has 6 heteroatoms. The quantitative estimate of drug-likeness (QED) is 0.888. The largest absolute Gasteiger partial charge is 0.497 e. The number of methoxy groups -OCH3 is 1. The third-order valence-corrected chi connectivity index (χ3v) is 4.96. The average molecular weight is 352 g/mol. The van der Waals surface area contributed by atoms with E-state index in [1.54, 1.807) is 12.1 Å². The molecular weight excluding hydrogens is 343 g/mol. The van der Waals surface area contributed by atoms with Crippen LogP contribution in [0, 0.1) is 5.82 Å². The molecule has 0 aliphatic heterocycles. The summed E-state index contributed by atoms with van der Waals surface area (Å²) in [5.41, 5.74) is 0.196. The zero-order valence-electron chi connectivity index (χ0n) is 9.28. The molecule has 0 aliphatic carbocycles. The van der Waals surface area contributed by atoms with Gasteiger partial charge in [-0.05, 0) is 34.1 Å². The fraction of sp³-hybridized carbons (Fsp3) is 0.167. The molecule has 2 rings (SSSR count). The highest BCUT2D eigenvalue weighted by Crippen LogP contribution is 2.38. The normalized spacial score (nSPS) is 12.5. The van der Waals surface area contributed by atoms with Crippen LogP contribution in [0.4, 0.5) is 4.39 Å². The third kappa shape index (κ3) is 2.69. The van der Waals surface area contributed by atoms with Crippen molar-refractivity contribution in [2.75, 3.05) is 7.11 Å². The molecule has 1 atom stereocenters. The second-order valence-corrected chi connectivity index (χ2v) is 6.10. The maximum absolute atomic E-state index is 13.8. The Bertz CT molecular complexity index is 554. The van der Waals surface area contributed by atoms with Gasteiger partial charge in [-0.1, -0.05) is 11.6 Å². The number of halogens is 3. The molecule has 0 saturated carbocycles. The van der Waals surface area contributed by atoms with Crippen LogP contribution in [-0.2, 0) is 0 Å². The minimum Gasteiger partial charge on any atom is -0.497 e. The van der Waals surface area contributed by atoms with Crippen molar-refractivity contribution in [2.24, 2.45) is 0 Å². The molecule has 0 spiro atoms. The first-order valence-electron chi connectivity index (χ1n) is 4.99. The van der Waals surface area contributed by atoms with Crippen molar-refractivity contribution < 1.29 is 14.2 Å². The van der Waals surface area contributed by atoms with E-state index in [2.05, 4.69) is 15.9 Å². The topological polar surface area (TPSA) is 29.5 Å². The number of hydrogen-bond donors (Lipinski definition) is 1. The molecule has 2 nitrogen and oxygen atoms in total. The predicted molar refractivity (Wildman–Crippen MR) is 74.0 cm³/mol. The van der Waals surface area contributed by atoms with E-state index in [4.69, 9.17) is 16.3 Å². The van der Waals surface area contributed by atoms with E-state index >= 15 is 0 Å². The van der Waals surface area contributed by atoms with E-state index in [0.29, 0.717) is 19.4 Å². The summed E-state index contributed by atoms with van der Waals surface area (Å²) in [6.45, 7) is 0. The fourth-order valence-corrected chi connectivity index (χ4v) is 3.25.